The first-order valence-corrected chi connectivity index (χ1v) is 4.81. The van der Waals surface area contributed by atoms with Gasteiger partial charge in [-0.2, -0.15) is 0 Å². The van der Waals surface area contributed by atoms with E-state index in [1.807, 2.05) is 6.92 Å². The Bertz CT molecular complexity index is 363. The Balaban J connectivity index is 2.92. The average Bonchev–Trinajstić information content (AvgIpc) is 2.25. The molecule has 0 atom stereocenters. The first-order valence-electron chi connectivity index (χ1n) is 4.81. The van der Waals surface area contributed by atoms with Crippen LogP contribution in [0.2, 0.25) is 0 Å². The molecule has 4 heteroatoms. The minimum Gasteiger partial charge on any atom is -0.397 e. The van der Waals surface area contributed by atoms with Crippen LogP contribution in [-0.4, -0.2) is 28.9 Å². The average molecular weight is 205 g/mol. The molecule has 0 spiro atoms. The summed E-state index contributed by atoms with van der Waals surface area (Å²) < 4.78 is 0. The fourth-order valence-corrected chi connectivity index (χ4v) is 1.26. The van der Waals surface area contributed by atoms with Crippen LogP contribution in [0.3, 0.4) is 0 Å². The molecule has 0 unspecified atom stereocenters. The first-order chi connectivity index (χ1) is 7.20. The van der Waals surface area contributed by atoms with Crippen LogP contribution >= 0.6 is 0 Å². The Kier molecular flexibility index (Phi) is 3.85. The molecule has 0 fully saturated rings. The van der Waals surface area contributed by atoms with Gasteiger partial charge in [-0.15, -0.1) is 6.58 Å². The quantitative estimate of drug-likeness (QED) is 0.754. The molecule has 0 bridgehead atoms. The number of anilines is 1. The third-order valence-corrected chi connectivity index (χ3v) is 2.06. The van der Waals surface area contributed by atoms with Crippen LogP contribution in [0.1, 0.15) is 17.4 Å². The van der Waals surface area contributed by atoms with Crippen molar-refractivity contribution in [3.8, 4) is 0 Å². The number of hydrogen-bond acceptors (Lipinski definition) is 3. The van der Waals surface area contributed by atoms with Crippen LogP contribution in [0.25, 0.3) is 0 Å². The van der Waals surface area contributed by atoms with Gasteiger partial charge in [0.15, 0.2) is 5.69 Å². The van der Waals surface area contributed by atoms with Crippen molar-refractivity contribution in [3.63, 3.8) is 0 Å². The summed E-state index contributed by atoms with van der Waals surface area (Å²) in [6, 6.07) is 3.37. The summed E-state index contributed by atoms with van der Waals surface area (Å²) in [7, 11) is 0. The molecule has 1 rings (SSSR count). The maximum Gasteiger partial charge on any atom is 0.274 e. The van der Waals surface area contributed by atoms with Crippen LogP contribution in [0.15, 0.2) is 31.0 Å². The number of amides is 1. The molecule has 1 aromatic heterocycles. The zero-order chi connectivity index (χ0) is 11.3. The van der Waals surface area contributed by atoms with Crippen molar-refractivity contribution in [1.82, 2.24) is 9.88 Å². The maximum absolute atomic E-state index is 11.9. The van der Waals surface area contributed by atoms with E-state index in [2.05, 4.69) is 11.6 Å². The fourth-order valence-electron chi connectivity index (χ4n) is 1.26. The lowest BCUT2D eigenvalue weighted by molar-refractivity contribution is 0.0777. The molecule has 0 aliphatic heterocycles. The Labute approximate surface area is 89.4 Å². The number of nitrogens with two attached hydrogens (primary N) is 1. The highest BCUT2D eigenvalue weighted by molar-refractivity contribution is 5.97. The van der Waals surface area contributed by atoms with Gasteiger partial charge in [-0.1, -0.05) is 6.08 Å². The van der Waals surface area contributed by atoms with Gasteiger partial charge in [0, 0.05) is 19.3 Å². The minimum absolute atomic E-state index is 0.157. The largest absolute Gasteiger partial charge is 0.397 e. The van der Waals surface area contributed by atoms with E-state index in [-0.39, 0.29) is 5.91 Å². The molecule has 0 saturated heterocycles. The number of pyridine rings is 1. The van der Waals surface area contributed by atoms with Crippen molar-refractivity contribution in [1.29, 1.82) is 0 Å². The molecule has 1 amide bonds. The SMILES string of the molecule is C=CCN(CC)C(=O)c1ncccc1N. The van der Waals surface area contributed by atoms with Crippen molar-refractivity contribution in [2.75, 3.05) is 18.8 Å². The van der Waals surface area contributed by atoms with Crippen LogP contribution in [0, 0.1) is 0 Å². The Hall–Kier alpha value is -1.84. The van der Waals surface area contributed by atoms with E-state index >= 15 is 0 Å². The first kappa shape index (κ1) is 11.2. The predicted molar refractivity (Wildman–Crippen MR) is 60.4 cm³/mol. The van der Waals surface area contributed by atoms with Gasteiger partial charge in [-0.3, -0.25) is 4.79 Å². The number of carbonyl (C=O) groups is 1. The number of carbonyl (C=O) groups excluding carboxylic acids is 1. The molecular formula is C11H15N3O. The van der Waals surface area contributed by atoms with E-state index < -0.39 is 0 Å². The van der Waals surface area contributed by atoms with Gasteiger partial charge in [0.2, 0.25) is 0 Å². The molecular weight excluding hydrogens is 190 g/mol. The van der Waals surface area contributed by atoms with Crippen molar-refractivity contribution in [3.05, 3.63) is 36.7 Å². The molecule has 2 N–H and O–H groups in total. The molecule has 0 saturated carbocycles. The lowest BCUT2D eigenvalue weighted by Gasteiger charge is -2.18. The Morgan fingerprint density at radius 3 is 3.00 bits per heavy atom. The zero-order valence-corrected chi connectivity index (χ0v) is 8.81. The van der Waals surface area contributed by atoms with E-state index in [1.54, 1.807) is 29.3 Å². The number of likely N-dealkylation sites (N-methyl/N-ethyl adjacent to an activating group) is 1. The summed E-state index contributed by atoms with van der Waals surface area (Å²) in [6.07, 6.45) is 3.24. The number of rotatable bonds is 4. The summed E-state index contributed by atoms with van der Waals surface area (Å²) in [4.78, 5) is 17.5. The zero-order valence-electron chi connectivity index (χ0n) is 8.81. The predicted octanol–water partition coefficient (Wildman–Crippen LogP) is 1.31. The molecule has 0 aliphatic rings. The topological polar surface area (TPSA) is 59.2 Å². The van der Waals surface area contributed by atoms with Crippen molar-refractivity contribution >= 4 is 11.6 Å². The summed E-state index contributed by atoms with van der Waals surface area (Å²) in [5, 5.41) is 0. The smallest absolute Gasteiger partial charge is 0.274 e. The summed E-state index contributed by atoms with van der Waals surface area (Å²) in [5.41, 5.74) is 6.39. The molecule has 1 heterocycles. The third-order valence-electron chi connectivity index (χ3n) is 2.06. The number of nitrogens with zero attached hydrogens (tertiary/aromatic N) is 2. The molecule has 1 aromatic rings. The van der Waals surface area contributed by atoms with Gasteiger partial charge in [0.25, 0.3) is 5.91 Å². The van der Waals surface area contributed by atoms with Gasteiger partial charge in [0.1, 0.15) is 0 Å². The summed E-state index contributed by atoms with van der Waals surface area (Å²) in [6.45, 7) is 6.62. The van der Waals surface area contributed by atoms with E-state index in [1.165, 1.54) is 0 Å². The van der Waals surface area contributed by atoms with Crippen molar-refractivity contribution in [2.24, 2.45) is 0 Å². The normalized spacial score (nSPS) is 9.67. The van der Waals surface area contributed by atoms with E-state index in [4.69, 9.17) is 5.73 Å². The standard InChI is InChI=1S/C11H15N3O/c1-3-8-14(4-2)11(15)10-9(12)6-5-7-13-10/h3,5-7H,1,4,8,12H2,2H3. The molecule has 0 aromatic carbocycles. The van der Waals surface area contributed by atoms with Crippen LogP contribution < -0.4 is 5.73 Å². The highest BCUT2D eigenvalue weighted by Crippen LogP contribution is 2.10. The lowest BCUT2D eigenvalue weighted by atomic mass is 10.2. The number of aromatic nitrogens is 1. The van der Waals surface area contributed by atoms with Gasteiger partial charge >= 0.3 is 0 Å². The van der Waals surface area contributed by atoms with Crippen LogP contribution in [0.4, 0.5) is 5.69 Å². The van der Waals surface area contributed by atoms with E-state index in [0.29, 0.717) is 24.5 Å². The van der Waals surface area contributed by atoms with Crippen LogP contribution in [0.5, 0.6) is 0 Å². The molecule has 80 valence electrons. The van der Waals surface area contributed by atoms with Gasteiger partial charge < -0.3 is 10.6 Å². The second-order valence-corrected chi connectivity index (χ2v) is 3.07. The molecule has 0 aliphatic carbocycles. The summed E-state index contributed by atoms with van der Waals surface area (Å²) in [5.74, 6) is -0.157. The highest BCUT2D eigenvalue weighted by Gasteiger charge is 2.16. The van der Waals surface area contributed by atoms with Crippen molar-refractivity contribution in [2.45, 2.75) is 6.92 Å². The molecule has 0 radical (unpaired) electrons. The minimum atomic E-state index is -0.157. The van der Waals surface area contributed by atoms with E-state index in [9.17, 15) is 4.79 Å². The lowest BCUT2D eigenvalue weighted by Crippen LogP contribution is -2.32. The van der Waals surface area contributed by atoms with Gasteiger partial charge in [-0.25, -0.2) is 4.98 Å². The monoisotopic (exact) mass is 205 g/mol. The Morgan fingerprint density at radius 2 is 2.47 bits per heavy atom. The third kappa shape index (κ3) is 2.56. The second kappa shape index (κ2) is 5.14. The fraction of sp³-hybridized carbons (Fsp3) is 0.273. The van der Waals surface area contributed by atoms with Crippen molar-refractivity contribution < 1.29 is 4.79 Å². The summed E-state index contributed by atoms with van der Waals surface area (Å²) >= 11 is 0. The Morgan fingerprint density at radius 1 is 1.73 bits per heavy atom. The maximum atomic E-state index is 11.9. The van der Waals surface area contributed by atoms with E-state index in [0.717, 1.165) is 0 Å². The highest BCUT2D eigenvalue weighted by atomic mass is 16.2. The second-order valence-electron chi connectivity index (χ2n) is 3.07. The van der Waals surface area contributed by atoms with Crippen LogP contribution in [-0.2, 0) is 0 Å². The molecule has 4 nitrogen and oxygen atoms in total. The van der Waals surface area contributed by atoms with Gasteiger partial charge in [-0.05, 0) is 19.1 Å². The number of hydrogen-bond donors (Lipinski definition) is 1. The number of nitrogen functional groups attached to an aromatic ring is 1. The van der Waals surface area contributed by atoms with Gasteiger partial charge in [0.05, 0.1) is 5.69 Å². The molecule has 15 heavy (non-hydrogen) atoms.